The molecule has 1 N–H and O–H groups in total. The highest BCUT2D eigenvalue weighted by molar-refractivity contribution is 5.70. The minimum absolute atomic E-state index is 0.0668. The van der Waals surface area contributed by atoms with E-state index in [4.69, 9.17) is 9.47 Å². The van der Waals surface area contributed by atoms with Crippen LogP contribution in [0.4, 0.5) is 0 Å². The molecule has 0 saturated carbocycles. The van der Waals surface area contributed by atoms with E-state index in [2.05, 4.69) is 74.6 Å². The van der Waals surface area contributed by atoms with Gasteiger partial charge in [-0.05, 0) is 57.8 Å². The van der Waals surface area contributed by atoms with E-state index >= 15 is 0 Å². The van der Waals surface area contributed by atoms with E-state index in [-0.39, 0.29) is 25.2 Å². The monoisotopic (exact) mass is 839 g/mol. The Labute approximate surface area is 372 Å². The Balaban J connectivity index is 3.51. The van der Waals surface area contributed by atoms with Crippen LogP contribution in [0.15, 0.2) is 60.8 Å². The minimum atomic E-state index is -0.776. The Bertz CT molecular complexity index is 1040. The fourth-order valence-corrected chi connectivity index (χ4v) is 7.47. The second kappa shape index (κ2) is 51.0. The first-order valence-electron chi connectivity index (χ1n) is 25.8. The number of rotatable bonds is 47. The van der Waals surface area contributed by atoms with Gasteiger partial charge in [0, 0.05) is 12.8 Å². The lowest BCUT2D eigenvalue weighted by atomic mass is 10.0. The third-order valence-electron chi connectivity index (χ3n) is 11.3. The number of aliphatic hydroxyl groups is 1. The van der Waals surface area contributed by atoms with Gasteiger partial charge in [-0.25, -0.2) is 0 Å². The normalized spacial score (nSPS) is 12.7. The van der Waals surface area contributed by atoms with Crippen molar-refractivity contribution < 1.29 is 24.2 Å². The Morgan fingerprint density at radius 2 is 0.717 bits per heavy atom. The van der Waals surface area contributed by atoms with Crippen molar-refractivity contribution in [3.8, 4) is 0 Å². The smallest absolute Gasteiger partial charge is 0.306 e. The Morgan fingerprint density at radius 3 is 1.08 bits per heavy atom. The highest BCUT2D eigenvalue weighted by atomic mass is 16.6. The summed E-state index contributed by atoms with van der Waals surface area (Å²) in [5.74, 6) is -0.588. The average molecular weight is 839 g/mol. The highest BCUT2D eigenvalue weighted by Gasteiger charge is 2.16. The second-order valence-corrected chi connectivity index (χ2v) is 17.2. The van der Waals surface area contributed by atoms with Gasteiger partial charge in [0.25, 0.3) is 0 Å². The van der Waals surface area contributed by atoms with Crippen LogP contribution in [0.2, 0.25) is 0 Å². The summed E-state index contributed by atoms with van der Waals surface area (Å²) in [4.78, 5) is 24.5. The molecule has 60 heavy (non-hydrogen) atoms. The number of carbonyl (C=O) groups is 2. The van der Waals surface area contributed by atoms with Crippen LogP contribution in [0, 0.1) is 0 Å². The molecule has 0 amide bonds. The van der Waals surface area contributed by atoms with E-state index in [1.807, 2.05) is 0 Å². The van der Waals surface area contributed by atoms with Crippen LogP contribution in [0.1, 0.15) is 258 Å². The van der Waals surface area contributed by atoms with Crippen molar-refractivity contribution in [2.75, 3.05) is 13.2 Å². The molecule has 0 fully saturated rings. The van der Waals surface area contributed by atoms with Gasteiger partial charge in [-0.1, -0.05) is 248 Å². The number of allylic oxidation sites excluding steroid dienone is 10. The van der Waals surface area contributed by atoms with Crippen LogP contribution in [0.3, 0.4) is 0 Å². The first-order valence-corrected chi connectivity index (χ1v) is 25.8. The number of ether oxygens (including phenoxy) is 2. The number of unbranched alkanes of at least 4 members (excludes halogenated alkanes) is 29. The first-order chi connectivity index (χ1) is 29.6. The Kier molecular flexibility index (Phi) is 48.9. The van der Waals surface area contributed by atoms with Gasteiger partial charge in [-0.15, -0.1) is 0 Å². The first kappa shape index (κ1) is 57.6. The van der Waals surface area contributed by atoms with Crippen molar-refractivity contribution in [3.05, 3.63) is 60.8 Å². The maximum atomic E-state index is 12.3. The molecule has 0 spiro atoms. The Morgan fingerprint density at radius 1 is 0.400 bits per heavy atom. The fourth-order valence-electron chi connectivity index (χ4n) is 7.47. The maximum absolute atomic E-state index is 12.3. The van der Waals surface area contributed by atoms with E-state index in [0.29, 0.717) is 12.8 Å². The molecular formula is C55H98O5. The second-order valence-electron chi connectivity index (χ2n) is 17.2. The van der Waals surface area contributed by atoms with Gasteiger partial charge in [0.15, 0.2) is 6.10 Å². The fraction of sp³-hybridized carbons (Fsp3) is 0.782. The number of carbonyl (C=O) groups excluding carboxylic acids is 2. The largest absolute Gasteiger partial charge is 0.462 e. The summed E-state index contributed by atoms with van der Waals surface area (Å²) in [6, 6.07) is 0. The number of aliphatic hydroxyl groups excluding tert-OH is 1. The van der Waals surface area contributed by atoms with Crippen LogP contribution in [0.5, 0.6) is 0 Å². The van der Waals surface area contributed by atoms with Crippen molar-refractivity contribution in [3.63, 3.8) is 0 Å². The minimum Gasteiger partial charge on any atom is -0.462 e. The molecule has 5 heteroatoms. The van der Waals surface area contributed by atoms with Gasteiger partial charge in [0.05, 0.1) is 6.61 Å². The summed E-state index contributed by atoms with van der Waals surface area (Å²) in [6.07, 6.45) is 67.4. The van der Waals surface area contributed by atoms with E-state index in [1.165, 1.54) is 161 Å². The van der Waals surface area contributed by atoms with Crippen molar-refractivity contribution >= 4 is 11.9 Å². The summed E-state index contributed by atoms with van der Waals surface area (Å²) in [5.41, 5.74) is 0. The summed E-state index contributed by atoms with van der Waals surface area (Å²) in [7, 11) is 0. The summed E-state index contributed by atoms with van der Waals surface area (Å²) >= 11 is 0. The van der Waals surface area contributed by atoms with Crippen LogP contribution in [0.25, 0.3) is 0 Å². The van der Waals surface area contributed by atoms with Gasteiger partial charge in [0.1, 0.15) is 6.61 Å². The third-order valence-corrected chi connectivity index (χ3v) is 11.3. The van der Waals surface area contributed by atoms with Crippen molar-refractivity contribution in [1.29, 1.82) is 0 Å². The SMILES string of the molecule is CC/C=C\C/C=C\C/C=C\C/C=C\C/C=C\CCCCCCCCCCCC(=O)OC(CO)COC(=O)CCCCCCCCCCCCCCCCCCCCCCC. The molecule has 0 bridgehead atoms. The van der Waals surface area contributed by atoms with E-state index in [0.717, 1.165) is 70.6 Å². The third kappa shape index (κ3) is 48.3. The molecule has 0 aliphatic rings. The van der Waals surface area contributed by atoms with E-state index in [1.54, 1.807) is 0 Å². The summed E-state index contributed by atoms with van der Waals surface area (Å²) in [6.45, 7) is 4.05. The maximum Gasteiger partial charge on any atom is 0.306 e. The van der Waals surface area contributed by atoms with Gasteiger partial charge < -0.3 is 14.6 Å². The predicted octanol–water partition coefficient (Wildman–Crippen LogP) is 17.1. The summed E-state index contributed by atoms with van der Waals surface area (Å²) < 4.78 is 10.7. The molecule has 5 nitrogen and oxygen atoms in total. The lowest BCUT2D eigenvalue weighted by Crippen LogP contribution is -2.28. The lowest BCUT2D eigenvalue weighted by Gasteiger charge is -2.15. The zero-order valence-electron chi connectivity index (χ0n) is 39.7. The molecule has 0 aliphatic heterocycles. The van der Waals surface area contributed by atoms with Crippen molar-refractivity contribution in [1.82, 2.24) is 0 Å². The van der Waals surface area contributed by atoms with Crippen molar-refractivity contribution in [2.45, 2.75) is 264 Å². The molecule has 0 heterocycles. The molecule has 348 valence electrons. The molecule has 0 aromatic heterocycles. The van der Waals surface area contributed by atoms with Crippen LogP contribution in [-0.4, -0.2) is 36.4 Å². The molecule has 0 aromatic rings. The standard InChI is InChI=1S/C55H98O5/c1-3-5-7-9-11-13-15-17-19-21-23-25-26-27-28-30-32-34-36-38-40-42-44-46-48-50-55(58)60-53(51-56)52-59-54(57)49-47-45-43-41-39-37-35-33-31-29-24-22-20-18-16-14-12-10-8-6-4-2/h5,7,11,13,17,19,23,25,27-28,53,56H,3-4,6,8-10,12,14-16,18,20-22,24,26,29-52H2,1-2H3/b7-5-,13-11-,19-17-,25-23-,28-27-. The highest BCUT2D eigenvalue weighted by Crippen LogP contribution is 2.16. The molecule has 0 aromatic carbocycles. The lowest BCUT2D eigenvalue weighted by molar-refractivity contribution is -0.161. The van der Waals surface area contributed by atoms with E-state index in [9.17, 15) is 14.7 Å². The van der Waals surface area contributed by atoms with Gasteiger partial charge in [0.2, 0.25) is 0 Å². The molecule has 1 unspecified atom stereocenters. The Hall–Kier alpha value is -2.40. The van der Waals surface area contributed by atoms with Crippen LogP contribution >= 0.6 is 0 Å². The quantitative estimate of drug-likeness (QED) is 0.0375. The molecule has 0 aliphatic carbocycles. The molecule has 0 radical (unpaired) electrons. The molecule has 1 atom stereocenters. The average Bonchev–Trinajstić information content (AvgIpc) is 3.25. The number of hydrogen-bond acceptors (Lipinski definition) is 5. The van der Waals surface area contributed by atoms with Crippen molar-refractivity contribution in [2.24, 2.45) is 0 Å². The molecular weight excluding hydrogens is 741 g/mol. The predicted molar refractivity (Wildman–Crippen MR) is 260 cm³/mol. The van der Waals surface area contributed by atoms with Gasteiger partial charge in [-0.2, -0.15) is 0 Å². The van der Waals surface area contributed by atoms with E-state index < -0.39 is 6.10 Å². The molecule has 0 rings (SSSR count). The zero-order chi connectivity index (χ0) is 43.5. The van der Waals surface area contributed by atoms with Gasteiger partial charge >= 0.3 is 11.9 Å². The number of hydrogen-bond donors (Lipinski definition) is 1. The topological polar surface area (TPSA) is 72.8 Å². The van der Waals surface area contributed by atoms with Gasteiger partial charge in [-0.3, -0.25) is 9.59 Å². The van der Waals surface area contributed by atoms with Crippen LogP contribution in [-0.2, 0) is 19.1 Å². The summed E-state index contributed by atoms with van der Waals surface area (Å²) in [5, 5.41) is 9.63. The van der Waals surface area contributed by atoms with Crippen LogP contribution < -0.4 is 0 Å². The molecule has 0 saturated heterocycles. The zero-order valence-corrected chi connectivity index (χ0v) is 39.7. The number of esters is 2.